The topological polar surface area (TPSA) is 60.7 Å². The van der Waals surface area contributed by atoms with Gasteiger partial charge in [-0.3, -0.25) is 0 Å². The van der Waals surface area contributed by atoms with Crippen molar-refractivity contribution in [3.05, 3.63) is 0 Å². The molecule has 0 saturated carbocycles. The van der Waals surface area contributed by atoms with Crippen molar-refractivity contribution in [3.63, 3.8) is 0 Å². The molecular formula is C3H9O3PS. The fourth-order valence-corrected chi connectivity index (χ4v) is 1.57. The summed E-state index contributed by atoms with van der Waals surface area (Å²) < 4.78 is 0. The van der Waals surface area contributed by atoms with E-state index in [-0.39, 0.29) is 0 Å². The van der Waals surface area contributed by atoms with Gasteiger partial charge in [0.15, 0.2) is 0 Å². The minimum absolute atomic E-state index is 0.388. The Morgan fingerprint density at radius 2 is 2.12 bits per heavy atom. The standard InChI is InChI=1S/C3H9O3PS/c1-3(4)2-8-7(5)6/h3-6H,2H2,1H3. The Morgan fingerprint density at radius 3 is 2.25 bits per heavy atom. The molecule has 0 aromatic carbocycles. The number of rotatable bonds is 3. The second-order valence-electron chi connectivity index (χ2n) is 1.40. The van der Waals surface area contributed by atoms with Crippen LogP contribution in [-0.4, -0.2) is 26.8 Å². The van der Waals surface area contributed by atoms with E-state index in [0.29, 0.717) is 5.75 Å². The van der Waals surface area contributed by atoms with Gasteiger partial charge in [-0.25, -0.2) is 0 Å². The van der Waals surface area contributed by atoms with Crippen LogP contribution in [0.25, 0.3) is 0 Å². The summed E-state index contributed by atoms with van der Waals surface area (Å²) in [5.74, 6) is 0.388. The maximum Gasteiger partial charge on any atom is 0.232 e. The van der Waals surface area contributed by atoms with Crippen LogP contribution in [0.4, 0.5) is 0 Å². The van der Waals surface area contributed by atoms with E-state index in [4.69, 9.17) is 14.9 Å². The third kappa shape index (κ3) is 6.66. The van der Waals surface area contributed by atoms with E-state index in [1.165, 1.54) is 0 Å². The van der Waals surface area contributed by atoms with Crippen molar-refractivity contribution in [3.8, 4) is 0 Å². The predicted octanol–water partition coefficient (Wildman–Crippen LogP) is 0.312. The first-order valence-corrected chi connectivity index (χ1v) is 4.95. The molecule has 0 aromatic heterocycles. The summed E-state index contributed by atoms with van der Waals surface area (Å²) in [6.45, 7) is 1.60. The molecule has 0 aliphatic carbocycles. The molecular weight excluding hydrogens is 147 g/mol. The molecule has 3 nitrogen and oxygen atoms in total. The molecule has 0 aliphatic rings. The van der Waals surface area contributed by atoms with Gasteiger partial charge >= 0.3 is 0 Å². The van der Waals surface area contributed by atoms with Crippen molar-refractivity contribution in [1.29, 1.82) is 0 Å². The zero-order valence-corrected chi connectivity index (χ0v) is 6.19. The van der Waals surface area contributed by atoms with E-state index in [2.05, 4.69) is 0 Å². The van der Waals surface area contributed by atoms with Crippen molar-refractivity contribution in [2.45, 2.75) is 13.0 Å². The van der Waals surface area contributed by atoms with Crippen LogP contribution in [0.2, 0.25) is 0 Å². The molecule has 0 heterocycles. The van der Waals surface area contributed by atoms with Gasteiger partial charge in [0.05, 0.1) is 6.10 Å². The molecule has 8 heavy (non-hydrogen) atoms. The molecule has 0 radical (unpaired) electrons. The predicted molar refractivity (Wildman–Crippen MR) is 35.5 cm³/mol. The van der Waals surface area contributed by atoms with Gasteiger partial charge < -0.3 is 14.9 Å². The minimum atomic E-state index is -1.88. The quantitative estimate of drug-likeness (QED) is 0.515. The minimum Gasteiger partial charge on any atom is -0.393 e. The molecule has 0 saturated heterocycles. The van der Waals surface area contributed by atoms with Gasteiger partial charge in [0.1, 0.15) is 0 Å². The Kier molecular flexibility index (Phi) is 4.90. The smallest absolute Gasteiger partial charge is 0.232 e. The highest BCUT2D eigenvalue weighted by atomic mass is 32.7. The lowest BCUT2D eigenvalue weighted by Crippen LogP contribution is -2.01. The van der Waals surface area contributed by atoms with E-state index in [1.54, 1.807) is 6.92 Å². The zero-order valence-electron chi connectivity index (χ0n) is 4.48. The van der Waals surface area contributed by atoms with Crippen LogP contribution in [0, 0.1) is 0 Å². The van der Waals surface area contributed by atoms with Gasteiger partial charge in [-0.15, -0.1) is 0 Å². The van der Waals surface area contributed by atoms with Gasteiger partial charge in [0.2, 0.25) is 7.58 Å². The largest absolute Gasteiger partial charge is 0.393 e. The van der Waals surface area contributed by atoms with E-state index >= 15 is 0 Å². The van der Waals surface area contributed by atoms with Crippen molar-refractivity contribution >= 4 is 19.0 Å². The summed E-state index contributed by atoms with van der Waals surface area (Å²) in [6, 6.07) is 0. The SMILES string of the molecule is CC(O)CSP(O)O. The molecule has 0 spiro atoms. The molecule has 1 unspecified atom stereocenters. The third-order valence-corrected chi connectivity index (χ3v) is 2.43. The maximum absolute atomic E-state index is 8.57. The van der Waals surface area contributed by atoms with E-state index in [0.717, 1.165) is 11.4 Å². The van der Waals surface area contributed by atoms with Gasteiger partial charge in [-0.2, -0.15) is 0 Å². The normalized spacial score (nSPS) is 14.6. The fraction of sp³-hybridized carbons (Fsp3) is 1.00. The molecule has 1 atom stereocenters. The van der Waals surface area contributed by atoms with Crippen LogP contribution in [0.3, 0.4) is 0 Å². The summed E-state index contributed by atoms with van der Waals surface area (Å²) in [6.07, 6.45) is -0.454. The first kappa shape index (κ1) is 8.66. The molecule has 0 amide bonds. The lowest BCUT2D eigenvalue weighted by Gasteiger charge is -2.02. The van der Waals surface area contributed by atoms with Crippen LogP contribution >= 0.6 is 19.0 Å². The Hall–Kier alpha value is 0.660. The molecule has 50 valence electrons. The molecule has 0 aliphatic heterocycles. The highest BCUT2D eigenvalue weighted by Gasteiger charge is 2.01. The zero-order chi connectivity index (χ0) is 6.57. The first-order chi connectivity index (χ1) is 3.63. The summed E-state index contributed by atoms with van der Waals surface area (Å²) >= 11 is 0.965. The lowest BCUT2D eigenvalue weighted by atomic mass is 10.5. The Morgan fingerprint density at radius 1 is 1.62 bits per heavy atom. The molecule has 0 aromatic rings. The molecule has 3 N–H and O–H groups in total. The Balaban J connectivity index is 2.93. The number of aliphatic hydroxyl groups is 1. The summed E-state index contributed by atoms with van der Waals surface area (Å²) in [4.78, 5) is 16.5. The molecule has 0 rings (SSSR count). The highest BCUT2D eigenvalue weighted by molar-refractivity contribution is 8.52. The summed E-state index contributed by atoms with van der Waals surface area (Å²) in [5.41, 5.74) is 0. The van der Waals surface area contributed by atoms with Crippen molar-refractivity contribution in [2.75, 3.05) is 5.75 Å². The molecule has 0 bridgehead atoms. The summed E-state index contributed by atoms with van der Waals surface area (Å²) in [5, 5.41) is 8.57. The highest BCUT2D eigenvalue weighted by Crippen LogP contribution is 2.40. The number of aliphatic hydroxyl groups excluding tert-OH is 1. The van der Waals surface area contributed by atoms with Gasteiger partial charge in [-0.05, 0) is 6.92 Å². The van der Waals surface area contributed by atoms with Crippen LogP contribution < -0.4 is 0 Å². The second-order valence-corrected chi connectivity index (χ2v) is 4.25. The van der Waals surface area contributed by atoms with Crippen LogP contribution in [0.5, 0.6) is 0 Å². The average Bonchev–Trinajstić information content (AvgIpc) is 1.61. The number of hydrogen-bond acceptors (Lipinski definition) is 4. The van der Waals surface area contributed by atoms with Crippen molar-refractivity contribution in [1.82, 2.24) is 0 Å². The van der Waals surface area contributed by atoms with Gasteiger partial charge in [0.25, 0.3) is 0 Å². The van der Waals surface area contributed by atoms with E-state index < -0.39 is 13.7 Å². The first-order valence-electron chi connectivity index (χ1n) is 2.12. The van der Waals surface area contributed by atoms with Crippen LogP contribution in [0.15, 0.2) is 0 Å². The van der Waals surface area contributed by atoms with E-state index in [9.17, 15) is 0 Å². The molecule has 5 heteroatoms. The van der Waals surface area contributed by atoms with Crippen molar-refractivity contribution in [2.24, 2.45) is 0 Å². The Labute approximate surface area is 53.4 Å². The Bertz CT molecular complexity index is 50.5. The van der Waals surface area contributed by atoms with Crippen LogP contribution in [-0.2, 0) is 0 Å². The van der Waals surface area contributed by atoms with E-state index in [1.807, 2.05) is 0 Å². The average molecular weight is 156 g/mol. The van der Waals surface area contributed by atoms with Gasteiger partial charge in [0, 0.05) is 5.75 Å². The lowest BCUT2D eigenvalue weighted by molar-refractivity contribution is 0.220. The van der Waals surface area contributed by atoms with Crippen LogP contribution in [0.1, 0.15) is 6.92 Å². The summed E-state index contributed by atoms with van der Waals surface area (Å²) in [7, 11) is -1.88. The fourth-order valence-electron chi connectivity index (χ4n) is 0.175. The molecule has 0 fully saturated rings. The monoisotopic (exact) mass is 156 g/mol. The number of hydrogen-bond donors (Lipinski definition) is 3. The third-order valence-electron chi connectivity index (χ3n) is 0.431. The second kappa shape index (κ2) is 4.53. The maximum atomic E-state index is 8.57. The van der Waals surface area contributed by atoms with Gasteiger partial charge in [-0.1, -0.05) is 11.4 Å². The van der Waals surface area contributed by atoms with Crippen molar-refractivity contribution < 1.29 is 14.9 Å².